The van der Waals surface area contributed by atoms with E-state index in [1.165, 1.54) is 0 Å². The fraction of sp³-hybridized carbons (Fsp3) is 0. The van der Waals surface area contributed by atoms with Gasteiger partial charge in [0.25, 0.3) is 0 Å². The Labute approximate surface area is 40.7 Å². The maximum Gasteiger partial charge on any atom is 0.183 e. The summed E-state index contributed by atoms with van der Waals surface area (Å²) >= 11 is 0. The van der Waals surface area contributed by atoms with Gasteiger partial charge in [-0.2, -0.15) is 0 Å². The predicted molar refractivity (Wildman–Crippen MR) is 16.1 cm³/mol. The van der Waals surface area contributed by atoms with Gasteiger partial charge >= 0.3 is 0 Å². The van der Waals surface area contributed by atoms with Crippen LogP contribution >= 0.6 is 0 Å². The molecule has 0 spiro atoms. The maximum atomic E-state index is 6.06. The Balaban J connectivity index is 0. The smallest absolute Gasteiger partial charge is 0.183 e. The fourth-order valence-electron chi connectivity index (χ4n) is 0. The molecule has 5 heavy (non-hydrogen) atoms. The summed E-state index contributed by atoms with van der Waals surface area (Å²) in [7, 11) is 0. The topological polar surface area (TPSA) is 75.9 Å². The molecule has 0 radical (unpaired) electrons. The van der Waals surface area contributed by atoms with Gasteiger partial charge in [-0.25, -0.2) is 0 Å². The molecule has 4 heteroatoms. The van der Waals surface area contributed by atoms with Crippen molar-refractivity contribution < 1.29 is 17.1 Å². The zero-order valence-corrected chi connectivity index (χ0v) is 3.61. The third-order valence-corrected chi connectivity index (χ3v) is 0. The molecule has 0 aliphatic carbocycles. The first-order valence-electron chi connectivity index (χ1n) is 0.827. The molecular formula is CH5FeN3. The van der Waals surface area contributed by atoms with Crippen LogP contribution in [0.1, 0.15) is 0 Å². The van der Waals surface area contributed by atoms with Gasteiger partial charge in [-0.1, -0.05) is 0 Å². The van der Waals surface area contributed by atoms with E-state index in [1.807, 2.05) is 0 Å². The van der Waals surface area contributed by atoms with Crippen LogP contribution in [0.25, 0.3) is 0 Å². The second kappa shape index (κ2) is 3.79. The van der Waals surface area contributed by atoms with Gasteiger partial charge in [0, 0.05) is 17.1 Å². The van der Waals surface area contributed by atoms with E-state index in [2.05, 4.69) is 11.5 Å². The molecule has 0 rings (SSSR count). The van der Waals surface area contributed by atoms with Gasteiger partial charge in [0.15, 0.2) is 5.96 Å². The first kappa shape index (κ1) is 8.84. The quantitative estimate of drug-likeness (QED) is 0.211. The summed E-state index contributed by atoms with van der Waals surface area (Å²) in [5.41, 5.74) is 8.94. The molecule has 3 nitrogen and oxygen atoms in total. The Hall–Kier alpha value is -0.211. The van der Waals surface area contributed by atoms with Crippen LogP contribution in [0, 0.1) is 5.41 Å². The first-order chi connectivity index (χ1) is 1.73. The minimum atomic E-state index is -0.333. The van der Waals surface area contributed by atoms with Gasteiger partial charge < -0.3 is 11.5 Å². The van der Waals surface area contributed by atoms with Crippen LogP contribution in [0.3, 0.4) is 0 Å². The molecule has 0 bridgehead atoms. The summed E-state index contributed by atoms with van der Waals surface area (Å²) < 4.78 is 0. The average Bonchev–Trinajstić information content (AvgIpc) is 0.811. The molecule has 0 amide bonds. The van der Waals surface area contributed by atoms with Crippen LogP contribution in [-0.4, -0.2) is 5.96 Å². The van der Waals surface area contributed by atoms with E-state index in [0.29, 0.717) is 0 Å². The molecule has 0 heterocycles. The molecule has 0 saturated heterocycles. The summed E-state index contributed by atoms with van der Waals surface area (Å²) in [5.74, 6) is -0.333. The van der Waals surface area contributed by atoms with Crippen molar-refractivity contribution in [3.8, 4) is 0 Å². The van der Waals surface area contributed by atoms with Crippen LogP contribution in [0.2, 0.25) is 0 Å². The number of rotatable bonds is 0. The van der Waals surface area contributed by atoms with E-state index >= 15 is 0 Å². The van der Waals surface area contributed by atoms with Gasteiger partial charge in [0.1, 0.15) is 0 Å². The Morgan fingerprint density at radius 3 is 1.40 bits per heavy atom. The SMILES string of the molecule is N=C(N)N.[Fe]. The Bertz CT molecular complexity index is 29.9. The number of nitrogens with two attached hydrogens (primary N) is 2. The zero-order chi connectivity index (χ0) is 3.58. The molecular weight excluding hydrogens is 110 g/mol. The summed E-state index contributed by atoms with van der Waals surface area (Å²) in [6.45, 7) is 0. The van der Waals surface area contributed by atoms with Crippen molar-refractivity contribution in [2.24, 2.45) is 11.5 Å². The van der Waals surface area contributed by atoms with E-state index in [9.17, 15) is 0 Å². The zero-order valence-electron chi connectivity index (χ0n) is 2.51. The third kappa shape index (κ3) is 274. The maximum absolute atomic E-state index is 6.06. The molecule has 0 aromatic heterocycles. The molecule has 0 aliphatic heterocycles. The molecule has 0 aromatic rings. The van der Waals surface area contributed by atoms with Crippen LogP contribution in [0.5, 0.6) is 0 Å². The van der Waals surface area contributed by atoms with Crippen LogP contribution in [0.4, 0.5) is 0 Å². The van der Waals surface area contributed by atoms with Crippen LogP contribution < -0.4 is 11.5 Å². The van der Waals surface area contributed by atoms with Crippen molar-refractivity contribution in [3.63, 3.8) is 0 Å². The Morgan fingerprint density at radius 2 is 1.40 bits per heavy atom. The van der Waals surface area contributed by atoms with E-state index in [4.69, 9.17) is 5.41 Å². The number of nitrogens with one attached hydrogen (secondary N) is 1. The van der Waals surface area contributed by atoms with Gasteiger partial charge in [-0.05, 0) is 0 Å². The van der Waals surface area contributed by atoms with Crippen molar-refractivity contribution in [3.05, 3.63) is 0 Å². The fourth-order valence-corrected chi connectivity index (χ4v) is 0. The summed E-state index contributed by atoms with van der Waals surface area (Å²) in [4.78, 5) is 0. The van der Waals surface area contributed by atoms with Gasteiger partial charge in [0.2, 0.25) is 0 Å². The first-order valence-corrected chi connectivity index (χ1v) is 0.827. The van der Waals surface area contributed by atoms with E-state index in [0.717, 1.165) is 0 Å². The van der Waals surface area contributed by atoms with E-state index < -0.39 is 0 Å². The molecule has 0 fully saturated rings. The number of guanidine groups is 1. The molecule has 5 N–H and O–H groups in total. The third-order valence-electron chi connectivity index (χ3n) is 0. The average molecular weight is 115 g/mol. The summed E-state index contributed by atoms with van der Waals surface area (Å²) in [6, 6.07) is 0. The van der Waals surface area contributed by atoms with Crippen molar-refractivity contribution in [1.82, 2.24) is 0 Å². The molecule has 0 saturated carbocycles. The van der Waals surface area contributed by atoms with Gasteiger partial charge in [0.05, 0.1) is 0 Å². The van der Waals surface area contributed by atoms with E-state index in [1.54, 1.807) is 0 Å². The van der Waals surface area contributed by atoms with Crippen LogP contribution in [0.15, 0.2) is 0 Å². The Kier molecular flexibility index (Phi) is 6.70. The molecule has 0 aromatic carbocycles. The summed E-state index contributed by atoms with van der Waals surface area (Å²) in [5, 5.41) is 6.06. The monoisotopic (exact) mass is 115 g/mol. The van der Waals surface area contributed by atoms with Gasteiger partial charge in [-0.15, -0.1) is 0 Å². The van der Waals surface area contributed by atoms with Crippen LogP contribution in [-0.2, 0) is 17.1 Å². The minimum Gasteiger partial charge on any atom is -0.370 e. The van der Waals surface area contributed by atoms with Crippen molar-refractivity contribution in [2.45, 2.75) is 0 Å². The van der Waals surface area contributed by atoms with Crippen molar-refractivity contribution >= 4 is 5.96 Å². The minimum absolute atomic E-state index is 0. The predicted octanol–water partition coefficient (Wildman–Crippen LogP) is -1.16. The second-order valence-corrected chi connectivity index (χ2v) is 0.455. The van der Waals surface area contributed by atoms with Gasteiger partial charge in [-0.3, -0.25) is 5.41 Å². The Morgan fingerprint density at radius 1 is 1.40 bits per heavy atom. The normalized spacial score (nSPS) is 4.80. The largest absolute Gasteiger partial charge is 0.370 e. The van der Waals surface area contributed by atoms with Crippen molar-refractivity contribution in [1.29, 1.82) is 5.41 Å². The molecule has 32 valence electrons. The van der Waals surface area contributed by atoms with Crippen molar-refractivity contribution in [2.75, 3.05) is 0 Å². The molecule has 0 atom stereocenters. The molecule has 0 aliphatic rings. The number of hydrogen-bond acceptors (Lipinski definition) is 1. The van der Waals surface area contributed by atoms with E-state index in [-0.39, 0.29) is 23.0 Å². The standard InChI is InChI=1S/CH5N3.Fe/c2-1(3)4;/h(H5,2,3,4);. The number of hydrogen-bond donors (Lipinski definition) is 3. The summed E-state index contributed by atoms with van der Waals surface area (Å²) in [6.07, 6.45) is 0. The second-order valence-electron chi connectivity index (χ2n) is 0.455. The molecule has 0 unspecified atom stereocenters.